The average molecular weight is 261 g/mol. The van der Waals surface area contributed by atoms with Crippen LogP contribution in [-0.2, 0) is 16.1 Å². The third kappa shape index (κ3) is 2.28. The maximum Gasteiger partial charge on any atom is 0.312 e. The van der Waals surface area contributed by atoms with Crippen LogP contribution in [0.2, 0.25) is 0 Å². The quantitative estimate of drug-likeness (QED) is 0.664. The predicted octanol–water partition coefficient (Wildman–Crippen LogP) is -1.38. The third-order valence-electron chi connectivity index (χ3n) is 3.46. The van der Waals surface area contributed by atoms with Crippen LogP contribution in [-0.4, -0.2) is 63.8 Å². The molecule has 0 bridgehead atoms. The molecular weight excluding hydrogens is 246 g/mol. The Morgan fingerprint density at radius 2 is 2.05 bits per heavy atom. The maximum atomic E-state index is 12.0. The van der Waals surface area contributed by atoms with Gasteiger partial charge in [0.15, 0.2) is 0 Å². The molecule has 7 nitrogen and oxygen atoms in total. The van der Waals surface area contributed by atoms with Gasteiger partial charge in [-0.3, -0.25) is 9.59 Å². The summed E-state index contributed by atoms with van der Waals surface area (Å²) in [5.41, 5.74) is 0. The molecule has 0 spiro atoms. The normalized spacial score (nSPS) is 23.5. The van der Waals surface area contributed by atoms with Crippen molar-refractivity contribution in [3.05, 3.63) is 24.3 Å². The van der Waals surface area contributed by atoms with Crippen molar-refractivity contribution in [2.45, 2.75) is 12.6 Å². The topological polar surface area (TPSA) is 78.4 Å². The average Bonchev–Trinajstić information content (AvgIpc) is 2.46. The second-order valence-electron chi connectivity index (χ2n) is 4.71. The number of nitrogens with one attached hydrogen (secondary N) is 1. The highest BCUT2D eigenvalue weighted by Crippen LogP contribution is 2.15. The van der Waals surface area contributed by atoms with Gasteiger partial charge < -0.3 is 15.1 Å². The summed E-state index contributed by atoms with van der Waals surface area (Å²) >= 11 is 0. The Morgan fingerprint density at radius 1 is 1.26 bits per heavy atom. The molecule has 0 radical (unpaired) electrons. The van der Waals surface area contributed by atoms with Crippen LogP contribution in [0.3, 0.4) is 0 Å². The Labute approximate surface area is 110 Å². The summed E-state index contributed by atoms with van der Waals surface area (Å²) in [5, 5.41) is 3.24. The van der Waals surface area contributed by atoms with Gasteiger partial charge in [0.05, 0.1) is 12.6 Å². The predicted molar refractivity (Wildman–Crippen MR) is 65.8 cm³/mol. The largest absolute Gasteiger partial charge is 0.327 e. The zero-order chi connectivity index (χ0) is 13.2. The van der Waals surface area contributed by atoms with Crippen molar-refractivity contribution in [1.29, 1.82) is 0 Å². The Bertz CT molecular complexity index is 492. The molecule has 1 atom stereocenters. The summed E-state index contributed by atoms with van der Waals surface area (Å²) in [4.78, 5) is 35.5. The molecule has 0 aliphatic carbocycles. The minimum Gasteiger partial charge on any atom is -0.327 e. The first-order chi connectivity index (χ1) is 9.25. The molecule has 2 aliphatic rings. The molecule has 3 rings (SSSR count). The van der Waals surface area contributed by atoms with Gasteiger partial charge in [0.1, 0.15) is 5.82 Å². The van der Waals surface area contributed by atoms with Gasteiger partial charge in [-0.05, 0) is 6.07 Å². The molecule has 2 fully saturated rings. The highest BCUT2D eigenvalue weighted by atomic mass is 16.2. The van der Waals surface area contributed by atoms with Gasteiger partial charge in [0.25, 0.3) is 0 Å². The number of aromatic nitrogens is 2. The molecule has 100 valence electrons. The molecule has 19 heavy (non-hydrogen) atoms. The van der Waals surface area contributed by atoms with Gasteiger partial charge in [-0.1, -0.05) is 0 Å². The molecule has 0 saturated carbocycles. The number of carbonyl (C=O) groups is 2. The molecule has 1 aromatic heterocycles. The van der Waals surface area contributed by atoms with E-state index in [0.29, 0.717) is 18.9 Å². The van der Waals surface area contributed by atoms with E-state index in [1.807, 2.05) is 0 Å². The Kier molecular flexibility index (Phi) is 3.12. The van der Waals surface area contributed by atoms with Crippen LogP contribution >= 0.6 is 0 Å². The second kappa shape index (κ2) is 4.93. The molecule has 7 heteroatoms. The number of rotatable bonds is 2. The van der Waals surface area contributed by atoms with Crippen molar-refractivity contribution in [2.24, 2.45) is 0 Å². The van der Waals surface area contributed by atoms with Crippen molar-refractivity contribution in [3.63, 3.8) is 0 Å². The lowest BCUT2D eigenvalue weighted by atomic mass is 10.1. The van der Waals surface area contributed by atoms with E-state index >= 15 is 0 Å². The lowest BCUT2D eigenvalue weighted by molar-refractivity contribution is -0.160. The maximum absolute atomic E-state index is 12.0. The summed E-state index contributed by atoms with van der Waals surface area (Å²) in [6, 6.07) is 1.78. The highest BCUT2D eigenvalue weighted by molar-refractivity contribution is 6.35. The number of nitrogens with zero attached hydrogens (tertiary/aromatic N) is 4. The highest BCUT2D eigenvalue weighted by Gasteiger charge is 2.40. The van der Waals surface area contributed by atoms with Crippen molar-refractivity contribution >= 4 is 11.8 Å². The molecule has 1 aromatic rings. The Balaban J connectivity index is 1.75. The standard InChI is InChI=1S/C12H15N5O2/c18-11-12(19)17-5-4-13-6-9(17)7-16(11)8-10-14-2-1-3-15-10/h1-3,9,13H,4-8H2. The first-order valence-electron chi connectivity index (χ1n) is 6.32. The van der Waals surface area contributed by atoms with Crippen LogP contribution in [0.25, 0.3) is 0 Å². The van der Waals surface area contributed by atoms with Gasteiger partial charge in [-0.2, -0.15) is 0 Å². The second-order valence-corrected chi connectivity index (χ2v) is 4.71. The van der Waals surface area contributed by atoms with Crippen LogP contribution in [0, 0.1) is 0 Å². The van der Waals surface area contributed by atoms with Crippen molar-refractivity contribution in [2.75, 3.05) is 26.2 Å². The van der Waals surface area contributed by atoms with E-state index < -0.39 is 11.8 Å². The number of fused-ring (bicyclic) bond motifs is 1. The molecule has 3 heterocycles. The fraction of sp³-hybridized carbons (Fsp3) is 0.500. The zero-order valence-corrected chi connectivity index (χ0v) is 10.5. The van der Waals surface area contributed by atoms with Crippen LogP contribution in [0.5, 0.6) is 0 Å². The first-order valence-corrected chi connectivity index (χ1v) is 6.32. The van der Waals surface area contributed by atoms with E-state index in [1.165, 1.54) is 4.90 Å². The fourth-order valence-electron chi connectivity index (χ4n) is 2.51. The number of piperazine rings is 2. The molecule has 1 unspecified atom stereocenters. The van der Waals surface area contributed by atoms with Gasteiger partial charge in [0, 0.05) is 38.6 Å². The number of hydrogen-bond acceptors (Lipinski definition) is 5. The summed E-state index contributed by atoms with van der Waals surface area (Å²) < 4.78 is 0. The van der Waals surface area contributed by atoms with Gasteiger partial charge in [-0.25, -0.2) is 9.97 Å². The number of carbonyl (C=O) groups excluding carboxylic acids is 2. The first kappa shape index (κ1) is 12.0. The van der Waals surface area contributed by atoms with Gasteiger partial charge in [0.2, 0.25) is 0 Å². The molecule has 2 amide bonds. The van der Waals surface area contributed by atoms with Crippen molar-refractivity contribution in [1.82, 2.24) is 25.1 Å². The Morgan fingerprint density at radius 3 is 2.84 bits per heavy atom. The van der Waals surface area contributed by atoms with Crippen molar-refractivity contribution in [3.8, 4) is 0 Å². The molecule has 1 N–H and O–H groups in total. The SMILES string of the molecule is O=C1C(=O)N2CCNCC2CN1Cc1ncccn1. The summed E-state index contributed by atoms with van der Waals surface area (Å²) in [6.45, 7) is 2.90. The minimum atomic E-state index is -0.453. The monoisotopic (exact) mass is 261 g/mol. The van der Waals surface area contributed by atoms with Crippen LogP contribution < -0.4 is 5.32 Å². The summed E-state index contributed by atoms with van der Waals surface area (Å²) in [5.74, 6) is -0.305. The summed E-state index contributed by atoms with van der Waals surface area (Å²) in [7, 11) is 0. The lowest BCUT2D eigenvalue weighted by Crippen LogP contribution is -2.65. The molecule has 0 aromatic carbocycles. The van der Waals surface area contributed by atoms with E-state index in [2.05, 4.69) is 15.3 Å². The van der Waals surface area contributed by atoms with Gasteiger partial charge in [-0.15, -0.1) is 0 Å². The fourth-order valence-corrected chi connectivity index (χ4v) is 2.51. The van der Waals surface area contributed by atoms with E-state index in [9.17, 15) is 9.59 Å². The van der Waals surface area contributed by atoms with Crippen LogP contribution in [0.4, 0.5) is 0 Å². The molecular formula is C12H15N5O2. The Hall–Kier alpha value is -2.02. The zero-order valence-electron chi connectivity index (χ0n) is 10.5. The summed E-state index contributed by atoms with van der Waals surface area (Å²) in [6.07, 6.45) is 3.26. The van der Waals surface area contributed by atoms with Gasteiger partial charge >= 0.3 is 11.8 Å². The number of hydrogen-bond donors (Lipinski definition) is 1. The third-order valence-corrected chi connectivity index (χ3v) is 3.46. The van der Waals surface area contributed by atoms with E-state index in [-0.39, 0.29) is 12.6 Å². The number of amides is 2. The van der Waals surface area contributed by atoms with E-state index in [4.69, 9.17) is 0 Å². The van der Waals surface area contributed by atoms with Crippen LogP contribution in [0.1, 0.15) is 5.82 Å². The van der Waals surface area contributed by atoms with Crippen molar-refractivity contribution < 1.29 is 9.59 Å². The van der Waals surface area contributed by atoms with E-state index in [0.717, 1.165) is 13.1 Å². The minimum absolute atomic E-state index is 0.0580. The molecule has 2 saturated heterocycles. The smallest absolute Gasteiger partial charge is 0.312 e. The molecule has 2 aliphatic heterocycles. The van der Waals surface area contributed by atoms with Crippen LogP contribution in [0.15, 0.2) is 18.5 Å². The van der Waals surface area contributed by atoms with E-state index in [1.54, 1.807) is 23.4 Å². The lowest BCUT2D eigenvalue weighted by Gasteiger charge is -2.43.